The monoisotopic (exact) mass is 200 g/mol. The van der Waals surface area contributed by atoms with E-state index in [1.165, 1.54) is 0 Å². The Labute approximate surface area is 85.8 Å². The van der Waals surface area contributed by atoms with E-state index in [-0.39, 0.29) is 6.73 Å². The number of nitrogens with zero attached hydrogens (tertiary/aromatic N) is 4. The van der Waals surface area contributed by atoms with Gasteiger partial charge in [-0.2, -0.15) is 4.99 Å². The summed E-state index contributed by atoms with van der Waals surface area (Å²) < 4.78 is 0. The molecule has 0 aromatic rings. The van der Waals surface area contributed by atoms with Gasteiger partial charge in [0.15, 0.2) is 0 Å². The van der Waals surface area contributed by atoms with Crippen LogP contribution in [0.3, 0.4) is 0 Å². The summed E-state index contributed by atoms with van der Waals surface area (Å²) in [5.41, 5.74) is 0. The molecule has 0 aromatic carbocycles. The lowest BCUT2D eigenvalue weighted by atomic mass is 10.3. The van der Waals surface area contributed by atoms with Gasteiger partial charge >= 0.3 is 0 Å². The standard InChI is InChI=1S/C9H20N4O/c1-12(2)9(13(3)4)5-6-10-7-11-8-14/h9,14H,5-6,8H2,1-4H3. The number of rotatable bonds is 6. The fourth-order valence-electron chi connectivity index (χ4n) is 1.29. The Balaban J connectivity index is 3.89. The summed E-state index contributed by atoms with van der Waals surface area (Å²) in [7, 11) is 8.15. The van der Waals surface area contributed by atoms with E-state index in [1.807, 2.05) is 28.2 Å². The summed E-state index contributed by atoms with van der Waals surface area (Å²) in [5, 5.41) is 8.35. The van der Waals surface area contributed by atoms with E-state index in [4.69, 9.17) is 5.11 Å². The fraction of sp³-hybridized carbons (Fsp3) is 0.889. The molecule has 5 nitrogen and oxygen atoms in total. The molecular weight excluding hydrogens is 180 g/mol. The molecule has 0 aliphatic carbocycles. The third-order valence-electron chi connectivity index (χ3n) is 1.90. The minimum atomic E-state index is -0.242. The predicted octanol–water partition coefficient (Wildman–Crippen LogP) is -0.0505. The highest BCUT2D eigenvalue weighted by Gasteiger charge is 2.12. The number of aliphatic imine (C=N–C) groups is 2. The molecule has 0 saturated heterocycles. The molecule has 82 valence electrons. The molecule has 0 aliphatic heterocycles. The molecule has 0 fully saturated rings. The molecule has 0 saturated carbocycles. The first-order valence-corrected chi connectivity index (χ1v) is 4.61. The third kappa shape index (κ3) is 5.83. The summed E-state index contributed by atoms with van der Waals surface area (Å²) in [4.78, 5) is 11.7. The minimum Gasteiger partial charge on any atom is -0.374 e. The van der Waals surface area contributed by atoms with Gasteiger partial charge in [0.05, 0.1) is 18.7 Å². The van der Waals surface area contributed by atoms with Gasteiger partial charge in [0, 0.05) is 0 Å². The Hall–Kier alpha value is -0.740. The van der Waals surface area contributed by atoms with Crippen molar-refractivity contribution in [3.05, 3.63) is 0 Å². The minimum absolute atomic E-state index is 0.242. The van der Waals surface area contributed by atoms with E-state index in [9.17, 15) is 0 Å². The molecule has 0 radical (unpaired) electrons. The SMILES string of the molecule is CN(C)C(CCN=C=NCO)N(C)C. The van der Waals surface area contributed by atoms with Crippen molar-refractivity contribution in [3.63, 3.8) is 0 Å². The molecule has 0 heterocycles. The van der Waals surface area contributed by atoms with Crippen molar-refractivity contribution in [1.29, 1.82) is 0 Å². The van der Waals surface area contributed by atoms with Crippen LogP contribution in [0, 0.1) is 0 Å². The lowest BCUT2D eigenvalue weighted by Crippen LogP contribution is -2.40. The Morgan fingerprint density at radius 3 is 2.14 bits per heavy atom. The molecule has 0 unspecified atom stereocenters. The Kier molecular flexibility index (Phi) is 7.24. The van der Waals surface area contributed by atoms with Gasteiger partial charge < -0.3 is 5.11 Å². The van der Waals surface area contributed by atoms with E-state index >= 15 is 0 Å². The molecule has 0 bridgehead atoms. The number of aliphatic hydroxyl groups excluding tert-OH is 1. The smallest absolute Gasteiger partial charge is 0.145 e. The zero-order valence-electron chi connectivity index (χ0n) is 9.43. The van der Waals surface area contributed by atoms with Crippen molar-refractivity contribution >= 4 is 6.01 Å². The van der Waals surface area contributed by atoms with Crippen LogP contribution in [0.25, 0.3) is 0 Å². The van der Waals surface area contributed by atoms with Gasteiger partial charge in [-0.25, -0.2) is 4.99 Å². The van der Waals surface area contributed by atoms with Crippen LogP contribution in [-0.4, -0.2) is 68.5 Å². The van der Waals surface area contributed by atoms with Gasteiger partial charge in [-0.15, -0.1) is 0 Å². The van der Waals surface area contributed by atoms with E-state index in [0.717, 1.165) is 6.42 Å². The lowest BCUT2D eigenvalue weighted by Gasteiger charge is -2.29. The summed E-state index contributed by atoms with van der Waals surface area (Å²) in [6.07, 6.45) is 1.29. The van der Waals surface area contributed by atoms with Crippen LogP contribution in [0.4, 0.5) is 0 Å². The molecule has 0 rings (SSSR count). The van der Waals surface area contributed by atoms with Gasteiger partial charge in [0.25, 0.3) is 0 Å². The van der Waals surface area contributed by atoms with Crippen LogP contribution < -0.4 is 0 Å². The van der Waals surface area contributed by atoms with Crippen LogP contribution in [0.2, 0.25) is 0 Å². The van der Waals surface area contributed by atoms with Gasteiger partial charge in [-0.3, -0.25) is 9.80 Å². The molecule has 0 spiro atoms. The quantitative estimate of drug-likeness (QED) is 0.483. The van der Waals surface area contributed by atoms with Crippen LogP contribution >= 0.6 is 0 Å². The third-order valence-corrected chi connectivity index (χ3v) is 1.90. The first-order chi connectivity index (χ1) is 6.59. The molecule has 0 aliphatic rings. The summed E-state index contributed by atoms with van der Waals surface area (Å²) in [6, 6.07) is 2.43. The maximum atomic E-state index is 8.35. The fourth-order valence-corrected chi connectivity index (χ4v) is 1.29. The van der Waals surface area contributed by atoms with Crippen LogP contribution in [0.5, 0.6) is 0 Å². The number of hydrogen-bond donors (Lipinski definition) is 1. The van der Waals surface area contributed by atoms with E-state index in [2.05, 4.69) is 25.8 Å². The van der Waals surface area contributed by atoms with Gasteiger partial charge in [-0.05, 0) is 34.6 Å². The zero-order valence-corrected chi connectivity index (χ0v) is 9.43. The maximum Gasteiger partial charge on any atom is 0.145 e. The average molecular weight is 200 g/mol. The largest absolute Gasteiger partial charge is 0.374 e. The van der Waals surface area contributed by atoms with E-state index in [0.29, 0.717) is 12.7 Å². The van der Waals surface area contributed by atoms with Gasteiger partial charge in [0.2, 0.25) is 0 Å². The van der Waals surface area contributed by atoms with Gasteiger partial charge in [0.1, 0.15) is 6.73 Å². The number of aliphatic hydroxyl groups is 1. The predicted molar refractivity (Wildman–Crippen MR) is 57.6 cm³/mol. The summed E-state index contributed by atoms with van der Waals surface area (Å²) in [6.45, 7) is 0.429. The van der Waals surface area contributed by atoms with Crippen molar-refractivity contribution in [3.8, 4) is 0 Å². The first kappa shape index (κ1) is 13.3. The van der Waals surface area contributed by atoms with E-state index in [1.54, 1.807) is 0 Å². The first-order valence-electron chi connectivity index (χ1n) is 4.61. The molecular formula is C9H20N4O. The van der Waals surface area contributed by atoms with Gasteiger partial charge in [-0.1, -0.05) is 0 Å². The van der Waals surface area contributed by atoms with Crippen LogP contribution in [-0.2, 0) is 0 Å². The second-order valence-electron chi connectivity index (χ2n) is 3.48. The zero-order chi connectivity index (χ0) is 11.0. The van der Waals surface area contributed by atoms with Crippen molar-refractivity contribution in [2.24, 2.45) is 9.98 Å². The molecule has 1 N–H and O–H groups in total. The highest BCUT2D eigenvalue weighted by Crippen LogP contribution is 2.02. The lowest BCUT2D eigenvalue weighted by molar-refractivity contribution is 0.123. The molecule has 0 aromatic heterocycles. The van der Waals surface area contributed by atoms with Crippen LogP contribution in [0.1, 0.15) is 6.42 Å². The second kappa shape index (κ2) is 7.64. The molecule has 5 heteroatoms. The normalized spacial score (nSPS) is 10.9. The summed E-state index contributed by atoms with van der Waals surface area (Å²) >= 11 is 0. The second-order valence-corrected chi connectivity index (χ2v) is 3.48. The van der Waals surface area contributed by atoms with Crippen molar-refractivity contribution in [2.45, 2.75) is 12.6 Å². The van der Waals surface area contributed by atoms with E-state index < -0.39 is 0 Å². The maximum absolute atomic E-state index is 8.35. The van der Waals surface area contributed by atoms with Crippen molar-refractivity contribution < 1.29 is 5.11 Å². The molecule has 0 atom stereocenters. The average Bonchev–Trinajstić information content (AvgIpc) is 2.09. The molecule has 14 heavy (non-hydrogen) atoms. The topological polar surface area (TPSA) is 51.4 Å². The highest BCUT2D eigenvalue weighted by molar-refractivity contribution is 5.40. The Morgan fingerprint density at radius 1 is 1.14 bits per heavy atom. The number of hydrogen-bond acceptors (Lipinski definition) is 5. The molecule has 0 amide bonds. The highest BCUT2D eigenvalue weighted by atomic mass is 16.3. The van der Waals surface area contributed by atoms with Crippen LogP contribution in [0.15, 0.2) is 9.98 Å². The van der Waals surface area contributed by atoms with Crippen molar-refractivity contribution in [1.82, 2.24) is 9.80 Å². The van der Waals surface area contributed by atoms with Crippen molar-refractivity contribution in [2.75, 3.05) is 41.5 Å². The Bertz CT molecular complexity index is 189. The Morgan fingerprint density at radius 2 is 1.71 bits per heavy atom. The summed E-state index contributed by atoms with van der Waals surface area (Å²) in [5.74, 6) is 0.